The first-order valence-electron chi connectivity index (χ1n) is 13.6. The number of benzene rings is 6. The molecule has 6 aromatic carbocycles. The Kier molecular flexibility index (Phi) is 5.42. The normalized spacial score (nSPS) is 11.4. The highest BCUT2D eigenvalue weighted by atomic mass is 16.3. The molecule has 2 heterocycles. The van der Waals surface area contributed by atoms with E-state index in [0.717, 1.165) is 55.1 Å². The van der Waals surface area contributed by atoms with Crippen molar-refractivity contribution in [3.63, 3.8) is 0 Å². The fourth-order valence-corrected chi connectivity index (χ4v) is 5.58. The minimum atomic E-state index is 0.609. The minimum absolute atomic E-state index is 0.609. The number of aromatic nitrogens is 3. The van der Waals surface area contributed by atoms with Crippen LogP contribution in [0, 0.1) is 0 Å². The van der Waals surface area contributed by atoms with Crippen LogP contribution in [-0.2, 0) is 0 Å². The van der Waals surface area contributed by atoms with Crippen molar-refractivity contribution in [1.29, 1.82) is 0 Å². The maximum absolute atomic E-state index is 6.38. The van der Waals surface area contributed by atoms with E-state index in [2.05, 4.69) is 78.9 Å². The topological polar surface area (TPSA) is 51.8 Å². The highest BCUT2D eigenvalue weighted by Gasteiger charge is 2.20. The molecule has 0 amide bonds. The molecule has 0 atom stereocenters. The van der Waals surface area contributed by atoms with Gasteiger partial charge in [-0.3, -0.25) is 0 Å². The van der Waals surface area contributed by atoms with E-state index in [1.807, 2.05) is 60.7 Å². The first-order chi connectivity index (χ1) is 20.3. The summed E-state index contributed by atoms with van der Waals surface area (Å²) < 4.78 is 6.38. The summed E-state index contributed by atoms with van der Waals surface area (Å²) in [6, 6.07) is 47.5. The third-order valence-corrected chi connectivity index (χ3v) is 7.52. The van der Waals surface area contributed by atoms with E-state index < -0.39 is 0 Å². The zero-order valence-electron chi connectivity index (χ0n) is 22.0. The van der Waals surface area contributed by atoms with Gasteiger partial charge in [0.15, 0.2) is 17.5 Å². The summed E-state index contributed by atoms with van der Waals surface area (Å²) in [6.07, 6.45) is 0. The first-order valence-corrected chi connectivity index (χ1v) is 13.6. The molecule has 8 aromatic rings. The molecule has 0 saturated carbocycles. The van der Waals surface area contributed by atoms with Gasteiger partial charge in [0.25, 0.3) is 0 Å². The summed E-state index contributed by atoms with van der Waals surface area (Å²) in [5.41, 5.74) is 6.67. The Hall–Kier alpha value is -5.61. The van der Waals surface area contributed by atoms with E-state index in [9.17, 15) is 0 Å². The Morgan fingerprint density at radius 1 is 0.366 bits per heavy atom. The highest BCUT2D eigenvalue weighted by Crippen LogP contribution is 2.41. The van der Waals surface area contributed by atoms with E-state index in [4.69, 9.17) is 19.4 Å². The largest absolute Gasteiger partial charge is 0.456 e. The SMILES string of the molecule is c1ccc(-c2nc(-c3ccc4ccccc4c3)nc(-c3cccc4oc5cccc(-c6ccccc6)c5c34)n2)cc1. The Morgan fingerprint density at radius 2 is 0.927 bits per heavy atom. The molecule has 0 spiro atoms. The zero-order chi connectivity index (χ0) is 27.2. The summed E-state index contributed by atoms with van der Waals surface area (Å²) in [6.45, 7) is 0. The lowest BCUT2D eigenvalue weighted by molar-refractivity contribution is 0.669. The highest BCUT2D eigenvalue weighted by molar-refractivity contribution is 6.17. The van der Waals surface area contributed by atoms with Crippen molar-refractivity contribution in [2.45, 2.75) is 0 Å². The lowest BCUT2D eigenvalue weighted by Crippen LogP contribution is -2.00. The van der Waals surface area contributed by atoms with Crippen LogP contribution >= 0.6 is 0 Å². The quantitative estimate of drug-likeness (QED) is 0.230. The van der Waals surface area contributed by atoms with Crippen molar-refractivity contribution in [2.24, 2.45) is 0 Å². The Bertz CT molecular complexity index is 2200. The Labute approximate surface area is 236 Å². The van der Waals surface area contributed by atoms with Crippen molar-refractivity contribution >= 4 is 32.7 Å². The fraction of sp³-hybridized carbons (Fsp3) is 0. The van der Waals surface area contributed by atoms with E-state index in [-0.39, 0.29) is 0 Å². The predicted octanol–water partition coefficient (Wildman–Crippen LogP) is 9.59. The number of nitrogens with zero attached hydrogens (tertiary/aromatic N) is 3. The van der Waals surface area contributed by atoms with Crippen LogP contribution < -0.4 is 0 Å². The monoisotopic (exact) mass is 525 g/mol. The number of fused-ring (bicyclic) bond motifs is 4. The molecule has 0 aliphatic carbocycles. The average Bonchev–Trinajstić information content (AvgIpc) is 3.44. The Morgan fingerprint density at radius 3 is 1.66 bits per heavy atom. The summed E-state index contributed by atoms with van der Waals surface area (Å²) in [5.74, 6) is 1.87. The van der Waals surface area contributed by atoms with Crippen molar-refractivity contribution in [3.05, 3.63) is 140 Å². The number of hydrogen-bond donors (Lipinski definition) is 0. The van der Waals surface area contributed by atoms with Crippen LogP contribution in [0.4, 0.5) is 0 Å². The summed E-state index contributed by atoms with van der Waals surface area (Å²) >= 11 is 0. The second kappa shape index (κ2) is 9.54. The fourth-order valence-electron chi connectivity index (χ4n) is 5.58. The van der Waals surface area contributed by atoms with Gasteiger partial charge in [0.1, 0.15) is 11.2 Å². The van der Waals surface area contributed by atoms with Crippen LogP contribution in [0.15, 0.2) is 144 Å². The third kappa shape index (κ3) is 4.05. The predicted molar refractivity (Wildman–Crippen MR) is 166 cm³/mol. The molecule has 0 aliphatic heterocycles. The molecule has 0 bridgehead atoms. The van der Waals surface area contributed by atoms with Gasteiger partial charge in [0, 0.05) is 27.5 Å². The van der Waals surface area contributed by atoms with Gasteiger partial charge in [0.05, 0.1) is 0 Å². The van der Waals surface area contributed by atoms with Crippen LogP contribution in [0.1, 0.15) is 0 Å². The lowest BCUT2D eigenvalue weighted by atomic mass is 9.97. The minimum Gasteiger partial charge on any atom is -0.456 e. The van der Waals surface area contributed by atoms with E-state index in [1.54, 1.807) is 0 Å². The smallest absolute Gasteiger partial charge is 0.164 e. The van der Waals surface area contributed by atoms with E-state index in [0.29, 0.717) is 17.5 Å². The molecule has 2 aromatic heterocycles. The summed E-state index contributed by atoms with van der Waals surface area (Å²) in [5, 5.41) is 4.37. The molecule has 0 saturated heterocycles. The van der Waals surface area contributed by atoms with Gasteiger partial charge in [-0.05, 0) is 40.1 Å². The van der Waals surface area contributed by atoms with Gasteiger partial charge < -0.3 is 4.42 Å². The molecular weight excluding hydrogens is 502 g/mol. The molecule has 0 N–H and O–H groups in total. The second-order valence-electron chi connectivity index (χ2n) is 10.1. The molecule has 0 unspecified atom stereocenters. The number of rotatable bonds is 4. The number of hydrogen-bond acceptors (Lipinski definition) is 4. The van der Waals surface area contributed by atoms with Gasteiger partial charge in [-0.2, -0.15) is 0 Å². The molecule has 0 aliphatic rings. The van der Waals surface area contributed by atoms with Crippen molar-refractivity contribution in [3.8, 4) is 45.3 Å². The summed E-state index contributed by atoms with van der Waals surface area (Å²) in [7, 11) is 0. The zero-order valence-corrected chi connectivity index (χ0v) is 22.0. The number of furan rings is 1. The molecular formula is C37H23N3O. The van der Waals surface area contributed by atoms with Crippen LogP contribution in [0.3, 0.4) is 0 Å². The Balaban J connectivity index is 1.41. The molecule has 0 radical (unpaired) electrons. The molecule has 41 heavy (non-hydrogen) atoms. The van der Waals surface area contributed by atoms with Crippen molar-refractivity contribution in [1.82, 2.24) is 15.0 Å². The van der Waals surface area contributed by atoms with Crippen molar-refractivity contribution < 1.29 is 4.42 Å². The van der Waals surface area contributed by atoms with Crippen LogP contribution in [-0.4, -0.2) is 15.0 Å². The van der Waals surface area contributed by atoms with E-state index >= 15 is 0 Å². The van der Waals surface area contributed by atoms with Crippen molar-refractivity contribution in [2.75, 3.05) is 0 Å². The maximum Gasteiger partial charge on any atom is 0.164 e. The molecule has 8 rings (SSSR count). The van der Waals surface area contributed by atoms with Gasteiger partial charge in [-0.15, -0.1) is 0 Å². The van der Waals surface area contributed by atoms with Crippen LogP contribution in [0.2, 0.25) is 0 Å². The summed E-state index contributed by atoms with van der Waals surface area (Å²) in [4.78, 5) is 15.1. The van der Waals surface area contributed by atoms with Crippen LogP contribution in [0.5, 0.6) is 0 Å². The van der Waals surface area contributed by atoms with Gasteiger partial charge in [-0.25, -0.2) is 15.0 Å². The third-order valence-electron chi connectivity index (χ3n) is 7.52. The second-order valence-corrected chi connectivity index (χ2v) is 10.1. The first kappa shape index (κ1) is 23.3. The lowest BCUT2D eigenvalue weighted by Gasteiger charge is -2.10. The van der Waals surface area contributed by atoms with Gasteiger partial charge >= 0.3 is 0 Å². The van der Waals surface area contributed by atoms with Gasteiger partial charge in [0.2, 0.25) is 0 Å². The standard InChI is InChI=1S/C37H23N3O/c1-3-12-25(13-4-1)29-17-9-19-31-33(29)34-30(18-10-20-32(34)41-31)37-39-35(26-14-5-2-6-15-26)38-36(40-37)28-22-21-24-11-7-8-16-27(24)23-28/h1-23H. The van der Waals surface area contributed by atoms with E-state index in [1.165, 1.54) is 5.39 Å². The molecule has 192 valence electrons. The maximum atomic E-state index is 6.38. The van der Waals surface area contributed by atoms with Crippen LogP contribution in [0.25, 0.3) is 78.0 Å². The average molecular weight is 526 g/mol. The molecule has 0 fully saturated rings. The molecule has 4 nitrogen and oxygen atoms in total. The molecule has 4 heteroatoms. The van der Waals surface area contributed by atoms with Gasteiger partial charge in [-0.1, -0.05) is 121 Å².